The van der Waals surface area contributed by atoms with E-state index in [1.807, 2.05) is 14.0 Å². The molecule has 0 aliphatic heterocycles. The molecule has 0 radical (unpaired) electrons. The van der Waals surface area contributed by atoms with Crippen molar-refractivity contribution in [1.82, 2.24) is 5.32 Å². The molecule has 0 atom stereocenters. The molecule has 0 unspecified atom stereocenters. The number of unbranched alkanes of at least 4 members (excludes halogenated alkanes) is 1. The first-order valence-electron chi connectivity index (χ1n) is 6.39. The van der Waals surface area contributed by atoms with Crippen LogP contribution in [0.15, 0.2) is 12.1 Å². The van der Waals surface area contributed by atoms with E-state index in [1.165, 1.54) is 7.11 Å². The summed E-state index contributed by atoms with van der Waals surface area (Å²) in [6.45, 7) is 2.62. The van der Waals surface area contributed by atoms with Crippen molar-refractivity contribution in [2.45, 2.75) is 19.8 Å². The summed E-state index contributed by atoms with van der Waals surface area (Å²) in [4.78, 5) is 0. The second-order valence-corrected chi connectivity index (χ2v) is 6.78. The van der Waals surface area contributed by atoms with Crippen molar-refractivity contribution in [3.8, 4) is 5.75 Å². The van der Waals surface area contributed by atoms with Crippen LogP contribution in [0.1, 0.15) is 18.4 Å². The van der Waals surface area contributed by atoms with E-state index in [-0.39, 0.29) is 5.75 Å². The Morgan fingerprint density at radius 3 is 2.60 bits per heavy atom. The fraction of sp³-hybridized carbons (Fsp3) is 0.538. The third-order valence-electron chi connectivity index (χ3n) is 2.84. The number of anilines is 1. The van der Waals surface area contributed by atoms with E-state index in [4.69, 9.17) is 16.3 Å². The van der Waals surface area contributed by atoms with Crippen molar-refractivity contribution in [3.05, 3.63) is 22.7 Å². The standard InChI is InChI=1S/C13H21ClN2O3S/c1-10-8-12(13(19-3)9-11(10)14)16-20(17,18)7-5-4-6-15-2/h8-9,15-16H,4-7H2,1-3H3. The molecule has 2 N–H and O–H groups in total. The molecule has 0 spiro atoms. The highest BCUT2D eigenvalue weighted by molar-refractivity contribution is 7.92. The molecule has 1 aromatic carbocycles. The maximum atomic E-state index is 12.0. The van der Waals surface area contributed by atoms with Crippen LogP contribution in [0.3, 0.4) is 0 Å². The summed E-state index contributed by atoms with van der Waals surface area (Å²) in [5.41, 5.74) is 1.21. The van der Waals surface area contributed by atoms with E-state index >= 15 is 0 Å². The quantitative estimate of drug-likeness (QED) is 0.722. The molecule has 0 bridgehead atoms. The van der Waals surface area contributed by atoms with Gasteiger partial charge in [0.05, 0.1) is 18.6 Å². The fourth-order valence-corrected chi connectivity index (χ4v) is 3.06. The smallest absolute Gasteiger partial charge is 0.232 e. The molecule has 0 saturated carbocycles. The summed E-state index contributed by atoms with van der Waals surface area (Å²) < 4.78 is 31.7. The first-order chi connectivity index (χ1) is 9.39. The molecule has 0 amide bonds. The Morgan fingerprint density at radius 1 is 1.30 bits per heavy atom. The fourth-order valence-electron chi connectivity index (χ4n) is 1.72. The molecular formula is C13H21ClN2O3S. The normalized spacial score (nSPS) is 11.4. The van der Waals surface area contributed by atoms with Gasteiger partial charge in [0, 0.05) is 11.1 Å². The van der Waals surface area contributed by atoms with Crippen LogP contribution >= 0.6 is 11.6 Å². The minimum absolute atomic E-state index is 0.0828. The van der Waals surface area contributed by atoms with E-state index in [2.05, 4.69) is 10.0 Å². The molecule has 0 aliphatic rings. The van der Waals surface area contributed by atoms with Gasteiger partial charge < -0.3 is 10.1 Å². The molecule has 0 heterocycles. The largest absolute Gasteiger partial charge is 0.495 e. The van der Waals surface area contributed by atoms with Crippen LogP contribution in [0.25, 0.3) is 0 Å². The molecule has 7 heteroatoms. The summed E-state index contributed by atoms with van der Waals surface area (Å²) >= 11 is 5.99. The highest BCUT2D eigenvalue weighted by atomic mass is 35.5. The minimum Gasteiger partial charge on any atom is -0.495 e. The van der Waals surface area contributed by atoms with Crippen LogP contribution < -0.4 is 14.8 Å². The van der Waals surface area contributed by atoms with E-state index in [9.17, 15) is 8.42 Å². The highest BCUT2D eigenvalue weighted by Gasteiger charge is 2.14. The molecule has 0 fully saturated rings. The van der Waals surface area contributed by atoms with Gasteiger partial charge in [0.2, 0.25) is 10.0 Å². The molecule has 1 rings (SSSR count). The lowest BCUT2D eigenvalue weighted by atomic mass is 10.2. The van der Waals surface area contributed by atoms with Gasteiger partial charge in [-0.2, -0.15) is 0 Å². The molecule has 0 aromatic heterocycles. The zero-order valence-corrected chi connectivity index (χ0v) is 13.6. The zero-order chi connectivity index (χ0) is 15.2. The second-order valence-electron chi connectivity index (χ2n) is 4.53. The van der Waals surface area contributed by atoms with Gasteiger partial charge in [-0.25, -0.2) is 8.42 Å². The minimum atomic E-state index is -3.38. The van der Waals surface area contributed by atoms with E-state index < -0.39 is 10.0 Å². The molecule has 0 saturated heterocycles. The first kappa shape index (κ1) is 17.1. The van der Waals surface area contributed by atoms with Crippen LogP contribution in [-0.2, 0) is 10.0 Å². The van der Waals surface area contributed by atoms with Crippen molar-refractivity contribution < 1.29 is 13.2 Å². The Balaban J connectivity index is 2.78. The van der Waals surface area contributed by atoms with Crippen LogP contribution in [0, 0.1) is 6.92 Å². The number of sulfonamides is 1. The van der Waals surface area contributed by atoms with Gasteiger partial charge in [0.25, 0.3) is 0 Å². The van der Waals surface area contributed by atoms with E-state index in [1.54, 1.807) is 12.1 Å². The summed E-state index contributed by atoms with van der Waals surface area (Å²) in [5.74, 6) is 0.499. The lowest BCUT2D eigenvalue weighted by Gasteiger charge is -2.13. The van der Waals surface area contributed by atoms with Gasteiger partial charge in [0.15, 0.2) is 0 Å². The van der Waals surface area contributed by atoms with Gasteiger partial charge in [-0.15, -0.1) is 0 Å². The summed E-state index contributed by atoms with van der Waals surface area (Å²) in [6, 6.07) is 3.28. The van der Waals surface area contributed by atoms with Gasteiger partial charge in [-0.3, -0.25) is 4.72 Å². The Labute approximate surface area is 125 Å². The average Bonchev–Trinajstić information content (AvgIpc) is 2.38. The van der Waals surface area contributed by atoms with E-state index in [0.717, 1.165) is 18.5 Å². The number of benzene rings is 1. The number of methoxy groups -OCH3 is 1. The van der Waals surface area contributed by atoms with Crippen LogP contribution in [0.4, 0.5) is 5.69 Å². The van der Waals surface area contributed by atoms with Crippen LogP contribution in [-0.4, -0.2) is 34.9 Å². The van der Waals surface area contributed by atoms with Gasteiger partial charge >= 0.3 is 0 Å². The zero-order valence-electron chi connectivity index (χ0n) is 12.0. The lowest BCUT2D eigenvalue weighted by Crippen LogP contribution is -2.18. The molecule has 0 aliphatic carbocycles. The molecule has 114 valence electrons. The van der Waals surface area contributed by atoms with Crippen LogP contribution in [0.5, 0.6) is 5.75 Å². The van der Waals surface area contributed by atoms with Gasteiger partial charge in [0.1, 0.15) is 5.75 Å². The van der Waals surface area contributed by atoms with Crippen molar-refractivity contribution in [1.29, 1.82) is 0 Å². The Hall–Kier alpha value is -0.980. The average molecular weight is 321 g/mol. The van der Waals surface area contributed by atoms with Crippen molar-refractivity contribution in [2.24, 2.45) is 0 Å². The highest BCUT2D eigenvalue weighted by Crippen LogP contribution is 2.31. The SMILES string of the molecule is CNCCCCS(=O)(=O)Nc1cc(C)c(Cl)cc1OC. The summed E-state index contributed by atoms with van der Waals surface area (Å²) in [5, 5.41) is 3.53. The third kappa shape index (κ3) is 5.19. The number of rotatable bonds is 8. The van der Waals surface area contributed by atoms with E-state index in [0.29, 0.717) is 22.9 Å². The van der Waals surface area contributed by atoms with Crippen molar-refractivity contribution in [2.75, 3.05) is 31.2 Å². The van der Waals surface area contributed by atoms with Crippen LogP contribution in [0.2, 0.25) is 5.02 Å². The second kappa shape index (κ2) is 7.71. The molecule has 20 heavy (non-hydrogen) atoms. The number of ether oxygens (including phenoxy) is 1. The summed E-state index contributed by atoms with van der Waals surface area (Å²) in [7, 11) is -0.0589. The summed E-state index contributed by atoms with van der Waals surface area (Å²) in [6.07, 6.45) is 1.42. The Morgan fingerprint density at radius 2 is 2.00 bits per heavy atom. The van der Waals surface area contributed by atoms with Gasteiger partial charge in [-0.1, -0.05) is 11.6 Å². The Bertz CT molecular complexity index is 547. The number of hydrogen-bond acceptors (Lipinski definition) is 4. The molecule has 5 nitrogen and oxygen atoms in total. The predicted octanol–water partition coefficient (Wildman–Crippen LogP) is 2.40. The molecule has 1 aromatic rings. The number of aryl methyl sites for hydroxylation is 1. The first-order valence-corrected chi connectivity index (χ1v) is 8.42. The van der Waals surface area contributed by atoms with Crippen molar-refractivity contribution in [3.63, 3.8) is 0 Å². The topological polar surface area (TPSA) is 67.4 Å². The monoisotopic (exact) mass is 320 g/mol. The van der Waals surface area contributed by atoms with Gasteiger partial charge in [-0.05, 0) is 45.0 Å². The maximum absolute atomic E-state index is 12.0. The third-order valence-corrected chi connectivity index (χ3v) is 4.60. The predicted molar refractivity (Wildman–Crippen MR) is 83.3 cm³/mol. The number of hydrogen-bond donors (Lipinski definition) is 2. The number of nitrogens with one attached hydrogen (secondary N) is 2. The Kier molecular flexibility index (Phi) is 6.58. The molecular weight excluding hydrogens is 300 g/mol. The lowest BCUT2D eigenvalue weighted by molar-refractivity contribution is 0.417. The number of halogens is 1. The van der Waals surface area contributed by atoms with Crippen molar-refractivity contribution >= 4 is 27.3 Å². The maximum Gasteiger partial charge on any atom is 0.232 e.